The zero-order chi connectivity index (χ0) is 13.8. The van der Waals surface area contributed by atoms with Crippen molar-refractivity contribution in [1.29, 1.82) is 0 Å². The van der Waals surface area contributed by atoms with E-state index in [9.17, 15) is 4.79 Å². The molecule has 2 N–H and O–H groups in total. The Bertz CT molecular complexity index is 583. The molecule has 1 aromatic carbocycles. The molecule has 1 atom stereocenters. The minimum Gasteiger partial charge on any atom is -0.481 e. The molecule has 6 heteroatoms. The van der Waals surface area contributed by atoms with Gasteiger partial charge in [0.2, 0.25) is 0 Å². The summed E-state index contributed by atoms with van der Waals surface area (Å²) < 4.78 is 2.21. The van der Waals surface area contributed by atoms with Crippen molar-refractivity contribution in [2.75, 3.05) is 11.6 Å². The number of rotatable bonds is 6. The van der Waals surface area contributed by atoms with Gasteiger partial charge in [0.25, 0.3) is 0 Å². The van der Waals surface area contributed by atoms with Crippen molar-refractivity contribution in [3.05, 3.63) is 18.2 Å². The Balaban J connectivity index is 2.06. The van der Waals surface area contributed by atoms with E-state index in [1.807, 2.05) is 25.3 Å². The first-order valence-corrected chi connectivity index (χ1v) is 8.05. The Kier molecular flexibility index (Phi) is 4.66. The molecule has 0 saturated heterocycles. The lowest BCUT2D eigenvalue weighted by Gasteiger charge is -2.13. The second-order valence-electron chi connectivity index (χ2n) is 4.34. The van der Waals surface area contributed by atoms with Crippen LogP contribution in [0.25, 0.3) is 10.2 Å². The average molecular weight is 296 g/mol. The van der Waals surface area contributed by atoms with Crippen LogP contribution in [0, 0.1) is 0 Å². The summed E-state index contributed by atoms with van der Waals surface area (Å²) in [6.07, 6.45) is 2.82. The van der Waals surface area contributed by atoms with Crippen molar-refractivity contribution in [2.24, 2.45) is 0 Å². The topological polar surface area (TPSA) is 62.2 Å². The van der Waals surface area contributed by atoms with Gasteiger partial charge in [-0.1, -0.05) is 11.8 Å². The van der Waals surface area contributed by atoms with Crippen LogP contribution in [0.5, 0.6) is 0 Å². The van der Waals surface area contributed by atoms with Crippen LogP contribution in [0.15, 0.2) is 22.5 Å². The number of hydrogen-bond acceptors (Lipinski definition) is 5. The molecule has 0 spiro atoms. The Morgan fingerprint density at radius 3 is 3.05 bits per heavy atom. The third kappa shape index (κ3) is 3.84. The van der Waals surface area contributed by atoms with E-state index in [0.29, 0.717) is 6.42 Å². The van der Waals surface area contributed by atoms with E-state index in [1.165, 1.54) is 0 Å². The largest absolute Gasteiger partial charge is 0.481 e. The van der Waals surface area contributed by atoms with Gasteiger partial charge in [0.1, 0.15) is 0 Å². The first-order valence-electron chi connectivity index (χ1n) is 6.01. The quantitative estimate of drug-likeness (QED) is 0.796. The van der Waals surface area contributed by atoms with Gasteiger partial charge in [0.05, 0.1) is 10.2 Å². The lowest BCUT2D eigenvalue weighted by Crippen LogP contribution is -2.16. The number of nitrogens with zero attached hydrogens (tertiary/aromatic N) is 1. The monoisotopic (exact) mass is 296 g/mol. The fourth-order valence-corrected chi connectivity index (χ4v) is 3.31. The Morgan fingerprint density at radius 2 is 2.37 bits per heavy atom. The Morgan fingerprint density at radius 1 is 1.58 bits per heavy atom. The molecule has 0 bridgehead atoms. The number of aromatic nitrogens is 1. The predicted octanol–water partition coefficient (Wildman–Crippen LogP) is 3.68. The molecule has 0 aliphatic heterocycles. The van der Waals surface area contributed by atoms with Crippen LogP contribution < -0.4 is 5.32 Å². The molecular formula is C13H16N2O2S2. The molecule has 19 heavy (non-hydrogen) atoms. The SMILES string of the molecule is CSc1nc2ccc(NC(C)CCC(=O)O)cc2s1. The smallest absolute Gasteiger partial charge is 0.303 e. The van der Waals surface area contributed by atoms with Gasteiger partial charge in [-0.05, 0) is 37.8 Å². The molecule has 4 nitrogen and oxygen atoms in total. The van der Waals surface area contributed by atoms with E-state index in [4.69, 9.17) is 5.11 Å². The lowest BCUT2D eigenvalue weighted by molar-refractivity contribution is -0.137. The normalized spacial score (nSPS) is 12.5. The second-order valence-corrected chi connectivity index (χ2v) is 6.43. The molecule has 1 heterocycles. The number of fused-ring (bicyclic) bond motifs is 1. The van der Waals surface area contributed by atoms with Crippen molar-refractivity contribution in [2.45, 2.75) is 30.1 Å². The van der Waals surface area contributed by atoms with Crippen LogP contribution in [0.1, 0.15) is 19.8 Å². The summed E-state index contributed by atoms with van der Waals surface area (Å²) in [5.74, 6) is -0.754. The molecular weight excluding hydrogens is 280 g/mol. The van der Waals surface area contributed by atoms with Crippen molar-refractivity contribution in [3.8, 4) is 0 Å². The van der Waals surface area contributed by atoms with E-state index in [-0.39, 0.29) is 12.5 Å². The summed E-state index contributed by atoms with van der Waals surface area (Å²) in [6.45, 7) is 1.99. The molecule has 1 aromatic heterocycles. The maximum atomic E-state index is 10.5. The van der Waals surface area contributed by atoms with E-state index in [2.05, 4.69) is 16.4 Å². The highest BCUT2D eigenvalue weighted by atomic mass is 32.2. The van der Waals surface area contributed by atoms with Gasteiger partial charge in [-0.15, -0.1) is 11.3 Å². The van der Waals surface area contributed by atoms with Gasteiger partial charge in [0.15, 0.2) is 4.34 Å². The molecule has 0 fully saturated rings. The number of anilines is 1. The number of carboxylic acids is 1. The van der Waals surface area contributed by atoms with Crippen molar-refractivity contribution in [1.82, 2.24) is 4.98 Å². The minimum atomic E-state index is -0.754. The van der Waals surface area contributed by atoms with Gasteiger partial charge in [0, 0.05) is 18.2 Å². The van der Waals surface area contributed by atoms with Gasteiger partial charge < -0.3 is 10.4 Å². The molecule has 2 rings (SSSR count). The maximum Gasteiger partial charge on any atom is 0.303 e. The summed E-state index contributed by atoms with van der Waals surface area (Å²) >= 11 is 3.32. The zero-order valence-electron chi connectivity index (χ0n) is 10.8. The predicted molar refractivity (Wildman–Crippen MR) is 81.4 cm³/mol. The molecule has 102 valence electrons. The first-order chi connectivity index (χ1) is 9.08. The number of aliphatic carboxylic acids is 1. The van der Waals surface area contributed by atoms with Crippen LogP contribution in [0.2, 0.25) is 0 Å². The number of hydrogen-bond donors (Lipinski definition) is 2. The number of benzene rings is 1. The highest BCUT2D eigenvalue weighted by Gasteiger charge is 2.07. The third-order valence-electron chi connectivity index (χ3n) is 2.75. The van der Waals surface area contributed by atoms with Gasteiger partial charge in [-0.2, -0.15) is 0 Å². The van der Waals surface area contributed by atoms with Crippen LogP contribution >= 0.6 is 23.1 Å². The van der Waals surface area contributed by atoms with Crippen LogP contribution in [0.4, 0.5) is 5.69 Å². The summed E-state index contributed by atoms with van der Waals surface area (Å²) in [4.78, 5) is 15.0. The number of thiazole rings is 1. The standard InChI is InChI=1S/C13H16N2O2S2/c1-8(3-6-12(16)17)14-9-4-5-10-11(7-9)19-13(15-10)18-2/h4-5,7-8,14H,3,6H2,1-2H3,(H,16,17). The fraction of sp³-hybridized carbons (Fsp3) is 0.385. The molecule has 1 unspecified atom stereocenters. The number of nitrogens with one attached hydrogen (secondary N) is 1. The van der Waals surface area contributed by atoms with Crippen LogP contribution in [0.3, 0.4) is 0 Å². The molecule has 2 aromatic rings. The molecule has 0 radical (unpaired) electrons. The zero-order valence-corrected chi connectivity index (χ0v) is 12.5. The summed E-state index contributed by atoms with van der Waals surface area (Å²) in [6, 6.07) is 6.20. The Hall–Kier alpha value is -1.27. The van der Waals surface area contributed by atoms with Crippen LogP contribution in [-0.2, 0) is 4.79 Å². The van der Waals surface area contributed by atoms with Gasteiger partial charge in [-0.25, -0.2) is 4.98 Å². The number of carboxylic acid groups (broad SMARTS) is 1. The summed E-state index contributed by atoms with van der Waals surface area (Å²) in [5, 5.41) is 12.0. The third-order valence-corrected chi connectivity index (χ3v) is 4.75. The molecule has 0 aliphatic rings. The highest BCUT2D eigenvalue weighted by molar-refractivity contribution is 8.00. The first kappa shape index (κ1) is 14.1. The fourth-order valence-electron chi connectivity index (χ4n) is 1.78. The average Bonchev–Trinajstić information content (AvgIpc) is 2.78. The lowest BCUT2D eigenvalue weighted by atomic mass is 10.1. The maximum absolute atomic E-state index is 10.5. The molecule has 0 amide bonds. The van der Waals surface area contributed by atoms with E-state index in [0.717, 1.165) is 20.2 Å². The van der Waals surface area contributed by atoms with Crippen molar-refractivity contribution < 1.29 is 9.90 Å². The van der Waals surface area contributed by atoms with Gasteiger partial charge >= 0.3 is 5.97 Å². The molecule has 0 aliphatic carbocycles. The number of carbonyl (C=O) groups is 1. The van der Waals surface area contributed by atoms with Crippen molar-refractivity contribution >= 4 is 45.0 Å². The van der Waals surface area contributed by atoms with Crippen LogP contribution in [-0.4, -0.2) is 28.4 Å². The summed E-state index contributed by atoms with van der Waals surface area (Å²) in [7, 11) is 0. The number of thioether (sulfide) groups is 1. The minimum absolute atomic E-state index is 0.140. The van der Waals surface area contributed by atoms with E-state index >= 15 is 0 Å². The highest BCUT2D eigenvalue weighted by Crippen LogP contribution is 2.30. The van der Waals surface area contributed by atoms with Gasteiger partial charge in [-0.3, -0.25) is 4.79 Å². The Labute approximate surface area is 120 Å². The molecule has 0 saturated carbocycles. The summed E-state index contributed by atoms with van der Waals surface area (Å²) in [5.41, 5.74) is 2.03. The second kappa shape index (κ2) is 6.25. The van der Waals surface area contributed by atoms with Crippen molar-refractivity contribution in [3.63, 3.8) is 0 Å². The van der Waals surface area contributed by atoms with E-state index in [1.54, 1.807) is 23.1 Å². The van der Waals surface area contributed by atoms with E-state index < -0.39 is 5.97 Å².